The van der Waals surface area contributed by atoms with Crippen LogP contribution in [0.4, 0.5) is 17.6 Å². The van der Waals surface area contributed by atoms with Crippen LogP contribution in [0.2, 0.25) is 0 Å². The Kier molecular flexibility index (Phi) is 3.55. The van der Waals surface area contributed by atoms with E-state index in [1.807, 2.05) is 6.92 Å². The lowest BCUT2D eigenvalue weighted by atomic mass is 10.2. The first kappa shape index (κ1) is 11.8. The molecule has 1 aromatic rings. The van der Waals surface area contributed by atoms with Gasteiger partial charge in [0.05, 0.1) is 0 Å². The Balaban J connectivity index is 2.80. The predicted octanol–water partition coefficient (Wildman–Crippen LogP) is 3.49. The van der Waals surface area contributed by atoms with Gasteiger partial charge in [0.15, 0.2) is 0 Å². The Morgan fingerprint density at radius 1 is 1.33 bits per heavy atom. The minimum absolute atomic E-state index is 0.250. The molecule has 1 nitrogen and oxygen atoms in total. The number of rotatable bonds is 4. The standard InChI is InChI=1S/C10H10F4O/c1-2-7-4-3-5-8(6-7)15-10(13,14)9(11)12/h3-6,9H,2H2,1H3. The molecular weight excluding hydrogens is 212 g/mol. The van der Waals surface area contributed by atoms with Crippen LogP contribution in [0.15, 0.2) is 24.3 Å². The molecule has 0 saturated carbocycles. The Hall–Kier alpha value is -1.26. The van der Waals surface area contributed by atoms with Crippen molar-refractivity contribution in [3.05, 3.63) is 29.8 Å². The summed E-state index contributed by atoms with van der Waals surface area (Å²) in [6, 6.07) is 5.72. The van der Waals surface area contributed by atoms with Gasteiger partial charge in [-0.25, -0.2) is 0 Å². The Morgan fingerprint density at radius 3 is 2.53 bits per heavy atom. The Bertz CT molecular complexity index is 325. The van der Waals surface area contributed by atoms with Crippen molar-refractivity contribution in [1.29, 1.82) is 0 Å². The molecule has 0 aromatic heterocycles. The van der Waals surface area contributed by atoms with Gasteiger partial charge in [0.2, 0.25) is 0 Å². The molecule has 0 aliphatic heterocycles. The highest BCUT2D eigenvalue weighted by Gasteiger charge is 2.43. The van der Waals surface area contributed by atoms with Gasteiger partial charge in [-0.2, -0.15) is 17.6 Å². The number of ether oxygens (including phenoxy) is 1. The lowest BCUT2D eigenvalue weighted by Gasteiger charge is -2.17. The van der Waals surface area contributed by atoms with Gasteiger partial charge >= 0.3 is 12.5 Å². The molecule has 0 amide bonds. The van der Waals surface area contributed by atoms with E-state index in [4.69, 9.17) is 0 Å². The maximum absolute atomic E-state index is 12.5. The maximum atomic E-state index is 12.5. The molecule has 0 aliphatic rings. The topological polar surface area (TPSA) is 9.23 Å². The average Bonchev–Trinajstić information content (AvgIpc) is 2.17. The number of hydrogen-bond acceptors (Lipinski definition) is 1. The largest absolute Gasteiger partial charge is 0.461 e. The minimum atomic E-state index is -4.44. The van der Waals surface area contributed by atoms with E-state index in [1.165, 1.54) is 18.2 Å². The van der Waals surface area contributed by atoms with Crippen molar-refractivity contribution in [3.63, 3.8) is 0 Å². The fraction of sp³-hybridized carbons (Fsp3) is 0.400. The first-order chi connectivity index (χ1) is 6.95. The van der Waals surface area contributed by atoms with Crippen LogP contribution in [0.5, 0.6) is 5.75 Å². The smallest absolute Gasteiger partial charge is 0.428 e. The van der Waals surface area contributed by atoms with Crippen LogP contribution < -0.4 is 4.74 Å². The van der Waals surface area contributed by atoms with E-state index < -0.39 is 12.5 Å². The molecule has 15 heavy (non-hydrogen) atoms. The molecule has 0 atom stereocenters. The summed E-state index contributed by atoms with van der Waals surface area (Å²) in [5.74, 6) is -0.250. The predicted molar refractivity (Wildman–Crippen MR) is 47.4 cm³/mol. The number of alkyl halides is 4. The molecule has 0 radical (unpaired) electrons. The van der Waals surface area contributed by atoms with E-state index in [9.17, 15) is 17.6 Å². The van der Waals surface area contributed by atoms with Crippen LogP contribution in [0.1, 0.15) is 12.5 Å². The van der Waals surface area contributed by atoms with Gasteiger partial charge in [-0.3, -0.25) is 0 Å². The van der Waals surface area contributed by atoms with E-state index >= 15 is 0 Å². The molecule has 5 heteroatoms. The summed E-state index contributed by atoms with van der Waals surface area (Å²) in [5.41, 5.74) is 0.748. The van der Waals surface area contributed by atoms with Gasteiger partial charge in [0.25, 0.3) is 0 Å². The van der Waals surface area contributed by atoms with E-state index in [0.717, 1.165) is 5.56 Å². The third-order valence-corrected chi connectivity index (χ3v) is 1.81. The van der Waals surface area contributed by atoms with Crippen LogP contribution in [-0.2, 0) is 6.42 Å². The van der Waals surface area contributed by atoms with Gasteiger partial charge in [-0.1, -0.05) is 19.1 Å². The van der Waals surface area contributed by atoms with Gasteiger partial charge in [0.1, 0.15) is 5.75 Å². The van der Waals surface area contributed by atoms with Gasteiger partial charge in [-0.05, 0) is 24.1 Å². The Morgan fingerprint density at radius 2 is 2.00 bits per heavy atom. The maximum Gasteiger partial charge on any atom is 0.461 e. The van der Waals surface area contributed by atoms with Crippen LogP contribution in [0.3, 0.4) is 0 Å². The van der Waals surface area contributed by atoms with Crippen LogP contribution in [0, 0.1) is 0 Å². The molecule has 0 aliphatic carbocycles. The monoisotopic (exact) mass is 222 g/mol. The molecule has 0 spiro atoms. The normalized spacial score (nSPS) is 11.9. The SMILES string of the molecule is CCc1cccc(OC(F)(F)C(F)F)c1. The molecule has 0 saturated heterocycles. The first-order valence-electron chi connectivity index (χ1n) is 4.39. The van der Waals surface area contributed by atoms with Crippen molar-refractivity contribution in [2.75, 3.05) is 0 Å². The third-order valence-electron chi connectivity index (χ3n) is 1.81. The molecule has 0 N–H and O–H groups in total. The van der Waals surface area contributed by atoms with Crippen LogP contribution >= 0.6 is 0 Å². The summed E-state index contributed by atoms with van der Waals surface area (Å²) in [6.07, 6.45) is -7.65. The van der Waals surface area contributed by atoms with E-state index in [0.29, 0.717) is 6.42 Å². The second-order valence-electron chi connectivity index (χ2n) is 2.97. The van der Waals surface area contributed by atoms with Gasteiger partial charge < -0.3 is 4.74 Å². The lowest BCUT2D eigenvalue weighted by Crippen LogP contribution is -2.33. The number of halogens is 4. The summed E-state index contributed by atoms with van der Waals surface area (Å²) in [7, 11) is 0. The zero-order valence-corrected chi connectivity index (χ0v) is 8.01. The van der Waals surface area contributed by atoms with Crippen molar-refractivity contribution in [2.24, 2.45) is 0 Å². The van der Waals surface area contributed by atoms with Crippen LogP contribution in [0.25, 0.3) is 0 Å². The number of aryl methyl sites for hydroxylation is 1. The highest BCUT2D eigenvalue weighted by atomic mass is 19.3. The van der Waals surface area contributed by atoms with Crippen molar-refractivity contribution in [1.82, 2.24) is 0 Å². The summed E-state index contributed by atoms with van der Waals surface area (Å²) < 4.78 is 52.5. The quantitative estimate of drug-likeness (QED) is 0.708. The first-order valence-corrected chi connectivity index (χ1v) is 4.39. The summed E-state index contributed by atoms with van der Waals surface area (Å²) in [6.45, 7) is 1.82. The Labute approximate surface area is 84.7 Å². The van der Waals surface area contributed by atoms with E-state index in [2.05, 4.69) is 4.74 Å². The third kappa shape index (κ3) is 3.11. The summed E-state index contributed by atoms with van der Waals surface area (Å²) in [4.78, 5) is 0. The molecule has 0 unspecified atom stereocenters. The van der Waals surface area contributed by atoms with Crippen molar-refractivity contribution >= 4 is 0 Å². The highest BCUT2D eigenvalue weighted by Crippen LogP contribution is 2.27. The highest BCUT2D eigenvalue weighted by molar-refractivity contribution is 5.28. The summed E-state index contributed by atoms with van der Waals surface area (Å²) in [5, 5.41) is 0. The minimum Gasteiger partial charge on any atom is -0.428 e. The molecule has 0 bridgehead atoms. The summed E-state index contributed by atoms with van der Waals surface area (Å²) >= 11 is 0. The zero-order chi connectivity index (χ0) is 11.5. The van der Waals surface area contributed by atoms with Gasteiger partial charge in [0, 0.05) is 0 Å². The van der Waals surface area contributed by atoms with E-state index in [1.54, 1.807) is 6.07 Å². The molecule has 1 aromatic carbocycles. The second-order valence-corrected chi connectivity index (χ2v) is 2.97. The molecule has 1 rings (SSSR count). The zero-order valence-electron chi connectivity index (χ0n) is 8.01. The number of hydrogen-bond donors (Lipinski definition) is 0. The van der Waals surface area contributed by atoms with Crippen molar-refractivity contribution in [3.8, 4) is 5.75 Å². The average molecular weight is 222 g/mol. The van der Waals surface area contributed by atoms with Crippen LogP contribution in [-0.4, -0.2) is 12.5 Å². The molecule has 0 fully saturated rings. The fourth-order valence-corrected chi connectivity index (χ4v) is 1.03. The number of benzene rings is 1. The second kappa shape index (κ2) is 4.51. The molecular formula is C10H10F4O. The molecule has 84 valence electrons. The van der Waals surface area contributed by atoms with Gasteiger partial charge in [-0.15, -0.1) is 0 Å². The van der Waals surface area contributed by atoms with Crippen molar-refractivity contribution < 1.29 is 22.3 Å². The lowest BCUT2D eigenvalue weighted by molar-refractivity contribution is -0.253. The fourth-order valence-electron chi connectivity index (χ4n) is 1.03. The van der Waals surface area contributed by atoms with E-state index in [-0.39, 0.29) is 5.75 Å². The van der Waals surface area contributed by atoms with Crippen molar-refractivity contribution in [2.45, 2.75) is 25.9 Å². The molecule has 0 heterocycles.